The first-order chi connectivity index (χ1) is 9.56. The van der Waals surface area contributed by atoms with E-state index >= 15 is 0 Å². The van der Waals surface area contributed by atoms with Gasteiger partial charge in [0.25, 0.3) is 0 Å². The van der Waals surface area contributed by atoms with E-state index in [4.69, 9.17) is 21.9 Å². The molecule has 4 nitrogen and oxygen atoms in total. The maximum Gasteiger partial charge on any atom is 0.228 e. The summed E-state index contributed by atoms with van der Waals surface area (Å²) in [5, 5.41) is 4.24. The third kappa shape index (κ3) is 2.69. The molecule has 0 bridgehead atoms. The molecule has 0 unspecified atom stereocenters. The molecule has 1 aromatic heterocycles. The topological polar surface area (TPSA) is 64.9 Å². The second kappa shape index (κ2) is 5.14. The Labute approximate surface area is 121 Å². The summed E-state index contributed by atoms with van der Waals surface area (Å²) in [7, 11) is 0. The summed E-state index contributed by atoms with van der Waals surface area (Å²) < 4.78 is 18.9. The van der Waals surface area contributed by atoms with E-state index in [9.17, 15) is 4.39 Å². The van der Waals surface area contributed by atoms with Crippen LogP contribution in [0, 0.1) is 5.82 Å². The highest BCUT2D eigenvalue weighted by Crippen LogP contribution is 2.32. The molecule has 3 rings (SSSR count). The highest BCUT2D eigenvalue weighted by atomic mass is 35.5. The Kier molecular flexibility index (Phi) is 3.48. The van der Waals surface area contributed by atoms with Crippen LogP contribution in [0.5, 0.6) is 0 Å². The van der Waals surface area contributed by atoms with E-state index in [-0.39, 0.29) is 17.8 Å². The molecule has 1 aromatic carbocycles. The number of nitrogens with two attached hydrogens (primary N) is 1. The van der Waals surface area contributed by atoms with Gasteiger partial charge in [0.05, 0.1) is 0 Å². The van der Waals surface area contributed by atoms with Gasteiger partial charge in [-0.1, -0.05) is 22.8 Å². The minimum atomic E-state index is -0.363. The number of rotatable bonds is 4. The first-order valence-electron chi connectivity index (χ1n) is 6.59. The summed E-state index contributed by atoms with van der Waals surface area (Å²) in [6.07, 6.45) is 3.88. The Hall–Kier alpha value is -1.46. The standard InChI is InChI=1S/C14H15ClFN3O/c15-10-3-1-4-11(16)9(10)7-12-18-13(20-19-12)8-14(17)5-2-6-14/h1,3-4H,2,5-8,17H2. The van der Waals surface area contributed by atoms with Gasteiger partial charge in [0.1, 0.15) is 5.82 Å². The van der Waals surface area contributed by atoms with Gasteiger partial charge in [-0.05, 0) is 31.4 Å². The molecule has 6 heteroatoms. The fourth-order valence-electron chi connectivity index (χ4n) is 2.40. The monoisotopic (exact) mass is 295 g/mol. The van der Waals surface area contributed by atoms with Gasteiger partial charge in [0, 0.05) is 29.0 Å². The number of hydrogen-bond donors (Lipinski definition) is 1. The molecule has 2 aromatic rings. The summed E-state index contributed by atoms with van der Waals surface area (Å²) in [5.41, 5.74) is 6.31. The quantitative estimate of drug-likeness (QED) is 0.942. The van der Waals surface area contributed by atoms with Gasteiger partial charge < -0.3 is 10.3 Å². The van der Waals surface area contributed by atoms with E-state index in [1.54, 1.807) is 12.1 Å². The number of aromatic nitrogens is 2. The zero-order chi connectivity index (χ0) is 14.2. The molecule has 1 heterocycles. The molecular formula is C14H15ClFN3O. The Morgan fingerprint density at radius 3 is 2.85 bits per heavy atom. The second-order valence-electron chi connectivity index (χ2n) is 5.37. The van der Waals surface area contributed by atoms with Gasteiger partial charge in [0.15, 0.2) is 5.82 Å². The number of benzene rings is 1. The molecule has 0 amide bonds. The van der Waals surface area contributed by atoms with Crippen LogP contribution in [-0.4, -0.2) is 15.7 Å². The molecule has 0 radical (unpaired) electrons. The van der Waals surface area contributed by atoms with Crippen molar-refractivity contribution in [3.05, 3.63) is 46.3 Å². The molecule has 1 aliphatic carbocycles. The summed E-state index contributed by atoms with van der Waals surface area (Å²) >= 11 is 5.98. The van der Waals surface area contributed by atoms with Crippen molar-refractivity contribution in [1.29, 1.82) is 0 Å². The van der Waals surface area contributed by atoms with E-state index in [0.717, 1.165) is 19.3 Å². The lowest BCUT2D eigenvalue weighted by atomic mass is 9.75. The highest BCUT2D eigenvalue weighted by Gasteiger charge is 2.34. The third-order valence-electron chi connectivity index (χ3n) is 3.76. The molecule has 1 saturated carbocycles. The van der Waals surface area contributed by atoms with Crippen molar-refractivity contribution < 1.29 is 8.91 Å². The Balaban J connectivity index is 1.74. The van der Waals surface area contributed by atoms with Crippen molar-refractivity contribution in [1.82, 2.24) is 10.1 Å². The van der Waals surface area contributed by atoms with Crippen LogP contribution in [0.3, 0.4) is 0 Å². The van der Waals surface area contributed by atoms with E-state index in [0.29, 0.717) is 28.7 Å². The van der Waals surface area contributed by atoms with Crippen molar-refractivity contribution in [2.24, 2.45) is 5.73 Å². The first kappa shape index (κ1) is 13.5. The maximum absolute atomic E-state index is 13.7. The van der Waals surface area contributed by atoms with Crippen LogP contribution < -0.4 is 5.73 Å². The fourth-order valence-corrected chi connectivity index (χ4v) is 2.63. The van der Waals surface area contributed by atoms with Crippen molar-refractivity contribution in [3.8, 4) is 0 Å². The smallest absolute Gasteiger partial charge is 0.228 e. The van der Waals surface area contributed by atoms with Crippen LogP contribution in [-0.2, 0) is 12.8 Å². The summed E-state index contributed by atoms with van der Waals surface area (Å²) in [6, 6.07) is 4.58. The van der Waals surface area contributed by atoms with Crippen molar-refractivity contribution in [3.63, 3.8) is 0 Å². The zero-order valence-electron chi connectivity index (χ0n) is 10.9. The molecule has 0 atom stereocenters. The number of nitrogens with zero attached hydrogens (tertiary/aromatic N) is 2. The molecule has 106 valence electrons. The molecule has 0 saturated heterocycles. The van der Waals surface area contributed by atoms with Crippen molar-refractivity contribution >= 4 is 11.6 Å². The zero-order valence-corrected chi connectivity index (χ0v) is 11.7. The molecule has 0 aliphatic heterocycles. The lowest BCUT2D eigenvalue weighted by Gasteiger charge is -2.36. The Morgan fingerprint density at radius 1 is 1.40 bits per heavy atom. The van der Waals surface area contributed by atoms with E-state index in [1.807, 2.05) is 0 Å². The number of halogens is 2. The van der Waals surface area contributed by atoms with E-state index in [1.165, 1.54) is 6.07 Å². The average molecular weight is 296 g/mol. The predicted octanol–water partition coefficient (Wildman–Crippen LogP) is 2.88. The third-order valence-corrected chi connectivity index (χ3v) is 4.11. The van der Waals surface area contributed by atoms with E-state index in [2.05, 4.69) is 10.1 Å². The van der Waals surface area contributed by atoms with Gasteiger partial charge in [-0.3, -0.25) is 0 Å². The van der Waals surface area contributed by atoms with Gasteiger partial charge in [-0.2, -0.15) is 4.98 Å². The van der Waals surface area contributed by atoms with Gasteiger partial charge in [-0.15, -0.1) is 0 Å². The molecule has 1 fully saturated rings. The highest BCUT2D eigenvalue weighted by molar-refractivity contribution is 6.31. The van der Waals surface area contributed by atoms with Gasteiger partial charge in [-0.25, -0.2) is 4.39 Å². The normalized spacial score (nSPS) is 16.9. The summed E-state index contributed by atoms with van der Waals surface area (Å²) in [6.45, 7) is 0. The van der Waals surface area contributed by atoms with Crippen molar-refractivity contribution in [2.75, 3.05) is 0 Å². The average Bonchev–Trinajstić information content (AvgIpc) is 2.79. The minimum absolute atomic E-state index is 0.209. The summed E-state index contributed by atoms with van der Waals surface area (Å²) in [4.78, 5) is 4.27. The van der Waals surface area contributed by atoms with Crippen molar-refractivity contribution in [2.45, 2.75) is 37.6 Å². The fraction of sp³-hybridized carbons (Fsp3) is 0.429. The molecule has 2 N–H and O–H groups in total. The molecule has 1 aliphatic rings. The second-order valence-corrected chi connectivity index (χ2v) is 5.78. The first-order valence-corrected chi connectivity index (χ1v) is 6.97. The lowest BCUT2D eigenvalue weighted by Crippen LogP contribution is -2.48. The van der Waals surface area contributed by atoms with Crippen LogP contribution in [0.15, 0.2) is 22.7 Å². The van der Waals surface area contributed by atoms with Crippen LogP contribution >= 0.6 is 11.6 Å². The van der Waals surface area contributed by atoms with Crippen LogP contribution in [0.25, 0.3) is 0 Å². The lowest BCUT2D eigenvalue weighted by molar-refractivity contribution is 0.221. The van der Waals surface area contributed by atoms with Gasteiger partial charge in [0.2, 0.25) is 5.89 Å². The maximum atomic E-state index is 13.7. The van der Waals surface area contributed by atoms with Crippen LogP contribution in [0.4, 0.5) is 4.39 Å². The Bertz CT molecular complexity index is 604. The molecule has 20 heavy (non-hydrogen) atoms. The largest absolute Gasteiger partial charge is 0.339 e. The predicted molar refractivity (Wildman–Crippen MR) is 73.0 cm³/mol. The van der Waals surface area contributed by atoms with Crippen LogP contribution in [0.1, 0.15) is 36.5 Å². The van der Waals surface area contributed by atoms with E-state index < -0.39 is 0 Å². The van der Waals surface area contributed by atoms with Gasteiger partial charge >= 0.3 is 0 Å². The number of hydrogen-bond acceptors (Lipinski definition) is 4. The Morgan fingerprint density at radius 2 is 2.20 bits per heavy atom. The molecule has 0 spiro atoms. The SMILES string of the molecule is NC1(Cc2nc(Cc3c(F)cccc3Cl)no2)CCC1. The molecular weight excluding hydrogens is 281 g/mol. The minimum Gasteiger partial charge on any atom is -0.339 e. The summed E-state index contributed by atoms with van der Waals surface area (Å²) in [5.74, 6) is 0.572. The van der Waals surface area contributed by atoms with Crippen LogP contribution in [0.2, 0.25) is 5.02 Å².